The van der Waals surface area contributed by atoms with Gasteiger partial charge in [0.2, 0.25) is 0 Å². The van der Waals surface area contributed by atoms with Crippen molar-refractivity contribution in [1.82, 2.24) is 0 Å². The molecule has 0 aromatic heterocycles. The first-order valence-corrected chi connectivity index (χ1v) is 9.59. The lowest BCUT2D eigenvalue weighted by atomic mass is 10.4. The summed E-state index contributed by atoms with van der Waals surface area (Å²) in [6.45, 7) is 3.27. The minimum atomic E-state index is -2.95. The fraction of sp³-hybridized carbons (Fsp3) is 0.600. The Kier molecular flexibility index (Phi) is 10.3. The van der Waals surface area contributed by atoms with Crippen LogP contribution in [0.1, 0.15) is 19.3 Å². The van der Waals surface area contributed by atoms with Gasteiger partial charge >= 0.3 is 8.80 Å². The minimum Gasteiger partial charge on any atom is -0.370 e. The van der Waals surface area contributed by atoms with E-state index in [1.54, 1.807) is 0 Å². The summed E-state index contributed by atoms with van der Waals surface area (Å²) in [5.41, 5.74) is 16.7. The third-order valence-corrected chi connectivity index (χ3v) is 5.84. The van der Waals surface area contributed by atoms with Crippen molar-refractivity contribution in [3.05, 3.63) is 30.3 Å². The molecular weight excluding hydrogens is 298 g/mol. The van der Waals surface area contributed by atoms with Gasteiger partial charge in [-0.2, -0.15) is 0 Å². The number of hydrogen-bond acceptors (Lipinski definition) is 6. The molecule has 0 saturated carbocycles. The standard InChI is InChI=1S/C15H29N3O3Si/c16-9-4-12-19-22(20-13-5-10-17,21-14-6-11-18)15-7-2-1-3-8-15/h1-3,7-8H,4-6,9-14,16-18H2. The Morgan fingerprint density at radius 2 is 1.09 bits per heavy atom. The zero-order valence-corrected chi connectivity index (χ0v) is 14.2. The lowest BCUT2D eigenvalue weighted by molar-refractivity contribution is 0.0718. The van der Waals surface area contributed by atoms with Crippen LogP contribution in [0.15, 0.2) is 30.3 Å². The third-order valence-electron chi connectivity index (χ3n) is 3.05. The average Bonchev–Trinajstić information content (AvgIpc) is 2.56. The van der Waals surface area contributed by atoms with Crippen molar-refractivity contribution in [3.8, 4) is 0 Å². The zero-order valence-electron chi connectivity index (χ0n) is 13.2. The summed E-state index contributed by atoms with van der Waals surface area (Å²) in [5.74, 6) is 0. The van der Waals surface area contributed by atoms with E-state index in [4.69, 9.17) is 30.5 Å². The molecule has 6 N–H and O–H groups in total. The maximum atomic E-state index is 6.08. The highest BCUT2D eigenvalue weighted by molar-refractivity contribution is 6.75. The second-order valence-electron chi connectivity index (χ2n) is 4.89. The summed E-state index contributed by atoms with van der Waals surface area (Å²) < 4.78 is 18.2. The molecule has 0 amide bonds. The van der Waals surface area contributed by atoms with E-state index in [9.17, 15) is 0 Å². The maximum absolute atomic E-state index is 6.08. The summed E-state index contributed by atoms with van der Waals surface area (Å²) in [6, 6.07) is 9.85. The van der Waals surface area contributed by atoms with Crippen LogP contribution in [0.2, 0.25) is 0 Å². The fourth-order valence-corrected chi connectivity index (χ4v) is 4.48. The lowest BCUT2D eigenvalue weighted by Gasteiger charge is -2.30. The summed E-state index contributed by atoms with van der Waals surface area (Å²) in [7, 11) is -2.95. The van der Waals surface area contributed by atoms with E-state index < -0.39 is 8.80 Å². The van der Waals surface area contributed by atoms with Gasteiger partial charge in [0, 0.05) is 25.0 Å². The van der Waals surface area contributed by atoms with Crippen molar-refractivity contribution in [3.63, 3.8) is 0 Å². The van der Waals surface area contributed by atoms with Crippen LogP contribution < -0.4 is 22.4 Å². The fourth-order valence-electron chi connectivity index (χ4n) is 1.89. The molecule has 0 radical (unpaired) electrons. The molecule has 0 aliphatic rings. The maximum Gasteiger partial charge on any atom is 0.537 e. The zero-order chi connectivity index (χ0) is 16.1. The molecular formula is C15H29N3O3Si. The first-order valence-electron chi connectivity index (χ1n) is 7.86. The van der Waals surface area contributed by atoms with Crippen molar-refractivity contribution in [1.29, 1.82) is 0 Å². The van der Waals surface area contributed by atoms with Gasteiger partial charge in [-0.05, 0) is 38.9 Å². The van der Waals surface area contributed by atoms with Gasteiger partial charge in [0.15, 0.2) is 0 Å². The predicted octanol–water partition coefficient (Wildman–Crippen LogP) is -0.0713. The van der Waals surface area contributed by atoms with E-state index >= 15 is 0 Å². The van der Waals surface area contributed by atoms with Crippen molar-refractivity contribution in [2.75, 3.05) is 39.5 Å². The molecule has 0 aliphatic carbocycles. The molecule has 0 fully saturated rings. The first kappa shape index (κ1) is 19.2. The molecule has 7 heteroatoms. The van der Waals surface area contributed by atoms with Crippen LogP contribution in [0.5, 0.6) is 0 Å². The molecule has 0 heterocycles. The Bertz CT molecular complexity index is 355. The van der Waals surface area contributed by atoms with E-state index in [1.807, 2.05) is 30.3 Å². The van der Waals surface area contributed by atoms with Gasteiger partial charge in [0.1, 0.15) is 0 Å². The van der Waals surface area contributed by atoms with Crippen molar-refractivity contribution < 1.29 is 13.3 Å². The molecule has 1 rings (SSSR count). The van der Waals surface area contributed by atoms with Crippen molar-refractivity contribution >= 4 is 14.0 Å². The molecule has 0 aliphatic heterocycles. The van der Waals surface area contributed by atoms with E-state index in [0.29, 0.717) is 39.5 Å². The Morgan fingerprint density at radius 3 is 1.45 bits per heavy atom. The number of nitrogens with two attached hydrogens (primary N) is 3. The second-order valence-corrected chi connectivity index (χ2v) is 7.45. The Balaban J connectivity index is 2.88. The van der Waals surface area contributed by atoms with Crippen LogP contribution in [0.4, 0.5) is 0 Å². The lowest BCUT2D eigenvalue weighted by Crippen LogP contribution is -2.57. The van der Waals surface area contributed by atoms with E-state index in [0.717, 1.165) is 24.4 Å². The predicted molar refractivity (Wildman–Crippen MR) is 90.7 cm³/mol. The quantitative estimate of drug-likeness (QED) is 0.346. The molecule has 1 aromatic rings. The van der Waals surface area contributed by atoms with Crippen LogP contribution in [0, 0.1) is 0 Å². The topological polar surface area (TPSA) is 106 Å². The van der Waals surface area contributed by atoms with E-state index in [-0.39, 0.29) is 0 Å². The molecule has 126 valence electrons. The van der Waals surface area contributed by atoms with Crippen LogP contribution in [-0.4, -0.2) is 48.3 Å². The summed E-state index contributed by atoms with van der Waals surface area (Å²) in [5, 5.41) is 0.959. The Hall–Kier alpha value is -0.803. The van der Waals surface area contributed by atoms with Gasteiger partial charge in [0.25, 0.3) is 0 Å². The highest BCUT2D eigenvalue weighted by atomic mass is 28.4. The number of benzene rings is 1. The average molecular weight is 328 g/mol. The highest BCUT2D eigenvalue weighted by Gasteiger charge is 2.43. The molecule has 0 bridgehead atoms. The number of rotatable bonds is 13. The molecule has 22 heavy (non-hydrogen) atoms. The van der Waals surface area contributed by atoms with Crippen LogP contribution in [0.25, 0.3) is 0 Å². The van der Waals surface area contributed by atoms with Gasteiger partial charge in [-0.15, -0.1) is 0 Å². The normalized spacial score (nSPS) is 11.8. The molecule has 0 atom stereocenters. The molecule has 0 unspecified atom stereocenters. The van der Waals surface area contributed by atoms with Gasteiger partial charge in [-0.1, -0.05) is 30.3 Å². The summed E-state index contributed by atoms with van der Waals surface area (Å²) in [6.07, 6.45) is 2.30. The van der Waals surface area contributed by atoms with Gasteiger partial charge < -0.3 is 30.5 Å². The minimum absolute atomic E-state index is 0.517. The smallest absolute Gasteiger partial charge is 0.370 e. The molecule has 0 saturated heterocycles. The van der Waals surface area contributed by atoms with Crippen LogP contribution in [-0.2, 0) is 13.3 Å². The Morgan fingerprint density at radius 1 is 0.682 bits per heavy atom. The second kappa shape index (κ2) is 11.7. The summed E-state index contributed by atoms with van der Waals surface area (Å²) >= 11 is 0. The largest absolute Gasteiger partial charge is 0.537 e. The van der Waals surface area contributed by atoms with E-state index in [2.05, 4.69) is 0 Å². The first-order chi connectivity index (χ1) is 10.8. The van der Waals surface area contributed by atoms with Crippen LogP contribution >= 0.6 is 0 Å². The van der Waals surface area contributed by atoms with Gasteiger partial charge in [0.05, 0.1) is 0 Å². The van der Waals surface area contributed by atoms with Crippen LogP contribution in [0.3, 0.4) is 0 Å². The summed E-state index contributed by atoms with van der Waals surface area (Å²) in [4.78, 5) is 0. The highest BCUT2D eigenvalue weighted by Crippen LogP contribution is 2.12. The SMILES string of the molecule is NCCCO[Si](OCCCN)(OCCCN)c1ccccc1. The third kappa shape index (κ3) is 6.53. The van der Waals surface area contributed by atoms with Gasteiger partial charge in [-0.3, -0.25) is 0 Å². The Labute approximate surface area is 134 Å². The molecule has 6 nitrogen and oxygen atoms in total. The monoisotopic (exact) mass is 327 g/mol. The van der Waals surface area contributed by atoms with Crippen molar-refractivity contribution in [2.24, 2.45) is 17.2 Å². The van der Waals surface area contributed by atoms with E-state index in [1.165, 1.54) is 0 Å². The molecule has 1 aromatic carbocycles. The molecule has 0 spiro atoms. The van der Waals surface area contributed by atoms with Gasteiger partial charge in [-0.25, -0.2) is 0 Å². The van der Waals surface area contributed by atoms with Crippen molar-refractivity contribution in [2.45, 2.75) is 19.3 Å². The number of hydrogen-bond donors (Lipinski definition) is 3.